The quantitative estimate of drug-likeness (QED) is 0.768. The number of Topliss-reactive ketones (excluding diaryl/α,β-unsaturated/α-hetero) is 1. The molecule has 3 nitrogen and oxygen atoms in total. The van der Waals surface area contributed by atoms with Crippen molar-refractivity contribution in [2.45, 2.75) is 24.7 Å². The third kappa shape index (κ3) is 4.26. The van der Waals surface area contributed by atoms with E-state index in [4.69, 9.17) is 0 Å². The molecule has 0 N–H and O–H groups in total. The third-order valence-corrected chi connectivity index (χ3v) is 5.06. The summed E-state index contributed by atoms with van der Waals surface area (Å²) in [5, 5.41) is 0. The first-order chi connectivity index (χ1) is 9.99. The molecular formula is C17H18O3S. The van der Waals surface area contributed by atoms with Gasteiger partial charge in [0.15, 0.2) is 15.6 Å². The van der Waals surface area contributed by atoms with Crippen LogP contribution in [0, 0.1) is 6.92 Å². The molecule has 0 saturated carbocycles. The second-order valence-corrected chi connectivity index (χ2v) is 7.14. The largest absolute Gasteiger partial charge is 0.294 e. The molecule has 0 aliphatic heterocycles. The van der Waals surface area contributed by atoms with Crippen LogP contribution >= 0.6 is 0 Å². The predicted molar refractivity (Wildman–Crippen MR) is 83.2 cm³/mol. The number of hydrogen-bond donors (Lipinski definition) is 0. The smallest absolute Gasteiger partial charge is 0.178 e. The fraction of sp³-hybridized carbons (Fsp3) is 0.235. The van der Waals surface area contributed by atoms with E-state index in [1.165, 1.54) is 0 Å². The monoisotopic (exact) mass is 302 g/mol. The van der Waals surface area contributed by atoms with Gasteiger partial charge in [-0.05, 0) is 31.0 Å². The first-order valence-electron chi connectivity index (χ1n) is 6.87. The Morgan fingerprint density at radius 1 is 1.00 bits per heavy atom. The Morgan fingerprint density at radius 2 is 1.71 bits per heavy atom. The van der Waals surface area contributed by atoms with E-state index >= 15 is 0 Å². The van der Waals surface area contributed by atoms with Crippen LogP contribution in [0.2, 0.25) is 0 Å². The number of rotatable bonds is 6. The van der Waals surface area contributed by atoms with Crippen molar-refractivity contribution in [3.8, 4) is 0 Å². The maximum Gasteiger partial charge on any atom is 0.178 e. The molecule has 2 aromatic carbocycles. The number of sulfone groups is 1. The van der Waals surface area contributed by atoms with E-state index in [1.807, 2.05) is 19.1 Å². The van der Waals surface area contributed by atoms with Crippen LogP contribution in [0.15, 0.2) is 59.5 Å². The van der Waals surface area contributed by atoms with E-state index in [0.717, 1.165) is 5.56 Å². The average molecular weight is 302 g/mol. The van der Waals surface area contributed by atoms with Crippen LogP contribution in [0.4, 0.5) is 0 Å². The maximum absolute atomic E-state index is 12.2. The molecule has 0 atom stereocenters. The van der Waals surface area contributed by atoms with Gasteiger partial charge in [-0.25, -0.2) is 8.42 Å². The van der Waals surface area contributed by atoms with Crippen molar-refractivity contribution in [1.82, 2.24) is 0 Å². The molecule has 0 heterocycles. The highest BCUT2D eigenvalue weighted by Crippen LogP contribution is 2.15. The number of carbonyl (C=O) groups is 1. The molecule has 0 aliphatic carbocycles. The lowest BCUT2D eigenvalue weighted by Gasteiger charge is -2.05. The van der Waals surface area contributed by atoms with Gasteiger partial charge in [0.05, 0.1) is 10.6 Å². The van der Waals surface area contributed by atoms with Crippen molar-refractivity contribution in [3.63, 3.8) is 0 Å². The fourth-order valence-corrected chi connectivity index (χ4v) is 3.53. The molecule has 2 rings (SSSR count). The zero-order chi connectivity index (χ0) is 15.3. The fourth-order valence-electron chi connectivity index (χ4n) is 2.12. The summed E-state index contributed by atoms with van der Waals surface area (Å²) < 4.78 is 24.4. The third-order valence-electron chi connectivity index (χ3n) is 3.26. The van der Waals surface area contributed by atoms with Gasteiger partial charge in [0.1, 0.15) is 0 Å². The molecule has 0 unspecified atom stereocenters. The maximum atomic E-state index is 12.2. The summed E-state index contributed by atoms with van der Waals surface area (Å²) in [6, 6.07) is 15.8. The first kappa shape index (κ1) is 15.4. The van der Waals surface area contributed by atoms with Crippen molar-refractivity contribution in [2.75, 3.05) is 5.75 Å². The van der Waals surface area contributed by atoms with Gasteiger partial charge in [0.25, 0.3) is 0 Å². The summed E-state index contributed by atoms with van der Waals surface area (Å²) in [5.74, 6) is -0.0234. The van der Waals surface area contributed by atoms with Gasteiger partial charge in [-0.2, -0.15) is 0 Å². The lowest BCUT2D eigenvalue weighted by Crippen LogP contribution is -2.09. The van der Waals surface area contributed by atoms with E-state index < -0.39 is 9.84 Å². The van der Waals surface area contributed by atoms with E-state index in [-0.39, 0.29) is 18.0 Å². The molecule has 0 amide bonds. The predicted octanol–water partition coefficient (Wildman–Crippen LogP) is 3.43. The lowest BCUT2D eigenvalue weighted by molar-refractivity contribution is 0.0982. The van der Waals surface area contributed by atoms with Gasteiger partial charge in [-0.1, -0.05) is 42.5 Å². The van der Waals surface area contributed by atoms with Crippen LogP contribution < -0.4 is 0 Å². The van der Waals surface area contributed by atoms with Crippen molar-refractivity contribution in [3.05, 3.63) is 65.7 Å². The Balaban J connectivity index is 1.95. The highest BCUT2D eigenvalue weighted by Gasteiger charge is 2.15. The van der Waals surface area contributed by atoms with Crippen LogP contribution in [0.3, 0.4) is 0 Å². The lowest BCUT2D eigenvalue weighted by atomic mass is 10.1. The van der Waals surface area contributed by atoms with Crippen LogP contribution in [0.25, 0.3) is 0 Å². The summed E-state index contributed by atoms with van der Waals surface area (Å²) >= 11 is 0. The molecule has 0 saturated heterocycles. The molecule has 0 bridgehead atoms. The molecule has 0 spiro atoms. The summed E-state index contributed by atoms with van der Waals surface area (Å²) in [5.41, 5.74) is 1.54. The van der Waals surface area contributed by atoms with Crippen molar-refractivity contribution >= 4 is 15.6 Å². The normalized spacial score (nSPS) is 11.3. The van der Waals surface area contributed by atoms with Gasteiger partial charge >= 0.3 is 0 Å². The molecule has 21 heavy (non-hydrogen) atoms. The number of hydrogen-bond acceptors (Lipinski definition) is 3. The SMILES string of the molecule is Cc1cccc(S(=O)(=O)CCCC(=O)c2ccccc2)c1. The standard InChI is InChI=1S/C17H18O3S/c1-14-7-5-10-16(13-14)21(19,20)12-6-11-17(18)15-8-3-2-4-9-15/h2-5,7-10,13H,6,11-12H2,1H3. The van der Waals surface area contributed by atoms with Gasteiger partial charge in [-0.15, -0.1) is 0 Å². The minimum atomic E-state index is -3.31. The number of aryl methyl sites for hydroxylation is 1. The zero-order valence-corrected chi connectivity index (χ0v) is 12.8. The average Bonchev–Trinajstić information content (AvgIpc) is 2.48. The molecule has 110 valence electrons. The topological polar surface area (TPSA) is 51.2 Å². The Labute approximate surface area is 125 Å². The summed E-state index contributed by atoms with van der Waals surface area (Å²) in [4.78, 5) is 12.3. The summed E-state index contributed by atoms with van der Waals surface area (Å²) in [6.45, 7) is 1.86. The molecule has 0 radical (unpaired) electrons. The summed E-state index contributed by atoms with van der Waals surface area (Å²) in [7, 11) is -3.31. The van der Waals surface area contributed by atoms with E-state index in [0.29, 0.717) is 16.9 Å². The van der Waals surface area contributed by atoms with Gasteiger partial charge in [-0.3, -0.25) is 4.79 Å². The second kappa shape index (κ2) is 6.68. The molecule has 0 fully saturated rings. The number of carbonyl (C=O) groups excluding carboxylic acids is 1. The number of ketones is 1. The number of benzene rings is 2. The van der Waals surface area contributed by atoms with Crippen molar-refractivity contribution in [2.24, 2.45) is 0 Å². The molecule has 4 heteroatoms. The molecular weight excluding hydrogens is 284 g/mol. The Morgan fingerprint density at radius 3 is 2.38 bits per heavy atom. The minimum absolute atomic E-state index is 0.00493. The Kier molecular flexibility index (Phi) is 4.91. The van der Waals surface area contributed by atoms with Gasteiger partial charge in [0, 0.05) is 12.0 Å². The van der Waals surface area contributed by atoms with Crippen LogP contribution in [-0.2, 0) is 9.84 Å². The van der Waals surface area contributed by atoms with E-state index in [2.05, 4.69) is 0 Å². The van der Waals surface area contributed by atoms with E-state index in [1.54, 1.807) is 42.5 Å². The van der Waals surface area contributed by atoms with Crippen molar-refractivity contribution in [1.29, 1.82) is 0 Å². The second-order valence-electron chi connectivity index (χ2n) is 5.03. The Bertz CT molecular complexity index is 719. The highest BCUT2D eigenvalue weighted by molar-refractivity contribution is 7.91. The minimum Gasteiger partial charge on any atom is -0.294 e. The molecule has 2 aromatic rings. The molecule has 0 aromatic heterocycles. The van der Waals surface area contributed by atoms with Crippen molar-refractivity contribution < 1.29 is 13.2 Å². The van der Waals surface area contributed by atoms with Gasteiger partial charge in [0.2, 0.25) is 0 Å². The first-order valence-corrected chi connectivity index (χ1v) is 8.52. The Hall–Kier alpha value is -1.94. The van der Waals surface area contributed by atoms with Gasteiger partial charge < -0.3 is 0 Å². The molecule has 0 aliphatic rings. The summed E-state index contributed by atoms with van der Waals surface area (Å²) in [6.07, 6.45) is 0.582. The highest BCUT2D eigenvalue weighted by atomic mass is 32.2. The van der Waals surface area contributed by atoms with Crippen LogP contribution in [0.1, 0.15) is 28.8 Å². The van der Waals surface area contributed by atoms with Crippen LogP contribution in [-0.4, -0.2) is 20.0 Å². The van der Waals surface area contributed by atoms with E-state index in [9.17, 15) is 13.2 Å². The van der Waals surface area contributed by atoms with Crippen LogP contribution in [0.5, 0.6) is 0 Å². The zero-order valence-electron chi connectivity index (χ0n) is 12.0.